The first-order chi connectivity index (χ1) is 14.0. The molecule has 0 aromatic heterocycles. The van der Waals surface area contributed by atoms with Gasteiger partial charge in [-0.1, -0.05) is 23.8 Å². The smallest absolute Gasteiger partial charge is 0.321 e. The van der Waals surface area contributed by atoms with Gasteiger partial charge < -0.3 is 19.9 Å². The third kappa shape index (κ3) is 8.58. The molecule has 0 aliphatic heterocycles. The molecule has 1 aromatic carbocycles. The van der Waals surface area contributed by atoms with E-state index in [2.05, 4.69) is 23.8 Å². The van der Waals surface area contributed by atoms with E-state index in [0.29, 0.717) is 12.1 Å². The van der Waals surface area contributed by atoms with Crippen LogP contribution in [-0.2, 0) is 4.74 Å². The monoisotopic (exact) mass is 401 g/mol. The molecule has 0 unspecified atom stereocenters. The average molecular weight is 402 g/mol. The van der Waals surface area contributed by atoms with Crippen molar-refractivity contribution in [2.45, 2.75) is 64.0 Å². The highest BCUT2D eigenvalue weighted by Gasteiger charge is 2.26. The van der Waals surface area contributed by atoms with Crippen LogP contribution >= 0.6 is 0 Å². The van der Waals surface area contributed by atoms with Gasteiger partial charge in [-0.2, -0.15) is 0 Å². The molecule has 1 saturated carbocycles. The van der Waals surface area contributed by atoms with Crippen LogP contribution in [0.25, 0.3) is 0 Å². The highest BCUT2D eigenvalue weighted by molar-refractivity contribution is 5.89. The standard InChI is InChI=1S/C24H39N3O2/c1-5-17-26(3)18-7-6-8-19-29-23-15-13-22(14-16-23)27(4)24(28)25-21-11-9-20(2)10-12-21/h5,9-12,22-23H,1,6-8,13-19H2,2-4H3,(H,25,28). The van der Waals surface area contributed by atoms with Gasteiger partial charge >= 0.3 is 6.03 Å². The molecule has 0 atom stereocenters. The van der Waals surface area contributed by atoms with Gasteiger partial charge in [0.1, 0.15) is 0 Å². The Morgan fingerprint density at radius 3 is 2.48 bits per heavy atom. The van der Waals surface area contributed by atoms with Crippen molar-refractivity contribution < 1.29 is 9.53 Å². The lowest BCUT2D eigenvalue weighted by Crippen LogP contribution is -2.42. The topological polar surface area (TPSA) is 44.8 Å². The number of benzene rings is 1. The highest BCUT2D eigenvalue weighted by atomic mass is 16.5. The summed E-state index contributed by atoms with van der Waals surface area (Å²) in [7, 11) is 4.04. The van der Waals surface area contributed by atoms with E-state index in [0.717, 1.165) is 57.5 Å². The van der Waals surface area contributed by atoms with E-state index in [-0.39, 0.29) is 6.03 Å². The van der Waals surface area contributed by atoms with Gasteiger partial charge in [0.2, 0.25) is 0 Å². The first kappa shape index (κ1) is 23.4. The van der Waals surface area contributed by atoms with Crippen molar-refractivity contribution in [3.05, 3.63) is 42.5 Å². The Balaban J connectivity index is 1.58. The van der Waals surface area contributed by atoms with Gasteiger partial charge in [0, 0.05) is 31.9 Å². The van der Waals surface area contributed by atoms with E-state index < -0.39 is 0 Å². The molecule has 5 heteroatoms. The number of unbranched alkanes of at least 4 members (excludes halogenated alkanes) is 2. The number of likely N-dealkylation sites (N-methyl/N-ethyl adjacent to an activating group) is 1. The fourth-order valence-electron chi connectivity index (χ4n) is 3.84. The molecule has 1 N–H and O–H groups in total. The molecule has 2 amide bonds. The number of nitrogens with one attached hydrogen (secondary N) is 1. The maximum atomic E-state index is 12.5. The SMILES string of the molecule is C=CCN(C)CCCCCOC1CCC(N(C)C(=O)Nc2ccc(C)cc2)CC1. The lowest BCUT2D eigenvalue weighted by molar-refractivity contribution is 0.0130. The molecule has 1 fully saturated rings. The number of nitrogens with zero attached hydrogens (tertiary/aromatic N) is 2. The Kier molecular flexibility index (Phi) is 10.2. The highest BCUT2D eigenvalue weighted by Crippen LogP contribution is 2.25. The molecule has 1 aliphatic rings. The third-order valence-corrected chi connectivity index (χ3v) is 5.79. The minimum Gasteiger partial charge on any atom is -0.378 e. The van der Waals surface area contributed by atoms with Crippen LogP contribution in [-0.4, -0.2) is 61.8 Å². The fraction of sp³-hybridized carbons (Fsp3) is 0.625. The molecule has 0 saturated heterocycles. The van der Waals surface area contributed by atoms with E-state index >= 15 is 0 Å². The zero-order valence-electron chi connectivity index (χ0n) is 18.5. The molecule has 0 radical (unpaired) electrons. The maximum Gasteiger partial charge on any atom is 0.321 e. The number of carbonyl (C=O) groups is 1. The second kappa shape index (κ2) is 12.7. The number of urea groups is 1. The third-order valence-electron chi connectivity index (χ3n) is 5.79. The van der Waals surface area contributed by atoms with E-state index in [1.165, 1.54) is 18.4 Å². The van der Waals surface area contributed by atoms with Gasteiger partial charge in [-0.25, -0.2) is 4.79 Å². The summed E-state index contributed by atoms with van der Waals surface area (Å²) < 4.78 is 6.08. The van der Waals surface area contributed by atoms with Crippen molar-refractivity contribution in [2.75, 3.05) is 39.1 Å². The van der Waals surface area contributed by atoms with Crippen LogP contribution in [0.1, 0.15) is 50.5 Å². The number of ether oxygens (including phenoxy) is 1. The molecular weight excluding hydrogens is 362 g/mol. The Labute approximate surface area is 177 Å². The van der Waals surface area contributed by atoms with E-state index in [4.69, 9.17) is 4.74 Å². The van der Waals surface area contributed by atoms with Crippen LogP contribution in [0.5, 0.6) is 0 Å². The van der Waals surface area contributed by atoms with Crippen LogP contribution in [0.3, 0.4) is 0 Å². The average Bonchev–Trinajstić information content (AvgIpc) is 2.72. The lowest BCUT2D eigenvalue weighted by Gasteiger charge is -2.34. The van der Waals surface area contributed by atoms with E-state index in [9.17, 15) is 4.79 Å². The summed E-state index contributed by atoms with van der Waals surface area (Å²) in [6, 6.07) is 8.18. The second-order valence-electron chi connectivity index (χ2n) is 8.32. The van der Waals surface area contributed by atoms with E-state index in [1.54, 1.807) is 0 Å². The number of carbonyl (C=O) groups excluding carboxylic acids is 1. The van der Waals surface area contributed by atoms with Crippen molar-refractivity contribution >= 4 is 11.7 Å². The molecule has 1 aliphatic carbocycles. The Morgan fingerprint density at radius 2 is 1.83 bits per heavy atom. The molecule has 0 heterocycles. The number of hydrogen-bond acceptors (Lipinski definition) is 3. The zero-order chi connectivity index (χ0) is 21.1. The molecule has 5 nitrogen and oxygen atoms in total. The summed E-state index contributed by atoms with van der Waals surface area (Å²) >= 11 is 0. The number of rotatable bonds is 11. The molecule has 1 aromatic rings. The number of amides is 2. The summed E-state index contributed by atoms with van der Waals surface area (Å²) in [5.74, 6) is 0. The molecular formula is C24H39N3O2. The summed E-state index contributed by atoms with van der Waals surface area (Å²) in [6.45, 7) is 8.74. The molecule has 162 valence electrons. The number of hydrogen-bond donors (Lipinski definition) is 1. The summed E-state index contributed by atoms with van der Waals surface area (Å²) in [5.41, 5.74) is 2.04. The normalized spacial score (nSPS) is 19.2. The van der Waals surface area contributed by atoms with Gasteiger partial charge in [-0.05, 0) is 77.6 Å². The Morgan fingerprint density at radius 1 is 1.14 bits per heavy atom. The van der Waals surface area contributed by atoms with Crippen molar-refractivity contribution in [3.8, 4) is 0 Å². The molecule has 0 spiro atoms. The van der Waals surface area contributed by atoms with Crippen molar-refractivity contribution in [1.29, 1.82) is 0 Å². The van der Waals surface area contributed by atoms with Crippen LogP contribution < -0.4 is 5.32 Å². The Bertz CT molecular complexity index is 609. The van der Waals surface area contributed by atoms with Gasteiger partial charge in [-0.3, -0.25) is 0 Å². The van der Waals surface area contributed by atoms with Crippen LogP contribution in [0.2, 0.25) is 0 Å². The van der Waals surface area contributed by atoms with Gasteiger partial charge in [-0.15, -0.1) is 6.58 Å². The van der Waals surface area contributed by atoms with Crippen LogP contribution in [0.15, 0.2) is 36.9 Å². The molecule has 2 rings (SSSR count). The first-order valence-electron chi connectivity index (χ1n) is 11.0. The van der Waals surface area contributed by atoms with E-state index in [1.807, 2.05) is 49.2 Å². The van der Waals surface area contributed by atoms with Crippen LogP contribution in [0.4, 0.5) is 10.5 Å². The summed E-state index contributed by atoms with van der Waals surface area (Å²) in [6.07, 6.45) is 9.93. The fourth-order valence-corrected chi connectivity index (χ4v) is 3.84. The predicted molar refractivity (Wildman–Crippen MR) is 122 cm³/mol. The minimum atomic E-state index is -0.0281. The van der Waals surface area contributed by atoms with Gasteiger partial charge in [0.05, 0.1) is 6.10 Å². The minimum absolute atomic E-state index is 0.0281. The lowest BCUT2D eigenvalue weighted by atomic mass is 9.92. The van der Waals surface area contributed by atoms with Crippen molar-refractivity contribution in [1.82, 2.24) is 9.80 Å². The maximum absolute atomic E-state index is 12.5. The van der Waals surface area contributed by atoms with Crippen LogP contribution in [0, 0.1) is 6.92 Å². The Hall–Kier alpha value is -1.85. The summed E-state index contributed by atoms with van der Waals surface area (Å²) in [4.78, 5) is 16.7. The quantitative estimate of drug-likeness (QED) is 0.416. The predicted octanol–water partition coefficient (Wildman–Crippen LogP) is 5.07. The van der Waals surface area contributed by atoms with Crippen molar-refractivity contribution in [2.24, 2.45) is 0 Å². The summed E-state index contributed by atoms with van der Waals surface area (Å²) in [5, 5.41) is 2.99. The molecule has 29 heavy (non-hydrogen) atoms. The van der Waals surface area contributed by atoms with Gasteiger partial charge in [0.15, 0.2) is 0 Å². The largest absolute Gasteiger partial charge is 0.378 e. The van der Waals surface area contributed by atoms with Gasteiger partial charge in [0.25, 0.3) is 0 Å². The number of aryl methyl sites for hydroxylation is 1. The number of anilines is 1. The van der Waals surface area contributed by atoms with Crippen molar-refractivity contribution in [3.63, 3.8) is 0 Å². The second-order valence-corrected chi connectivity index (χ2v) is 8.32. The zero-order valence-corrected chi connectivity index (χ0v) is 18.5. The molecule has 0 bridgehead atoms. The first-order valence-corrected chi connectivity index (χ1v) is 11.0.